The molecular formula is C14H22N2O. The first-order valence-corrected chi connectivity index (χ1v) is 6.70. The molecule has 17 heavy (non-hydrogen) atoms. The average molecular weight is 234 g/mol. The molecule has 0 aromatic carbocycles. The van der Waals surface area contributed by atoms with Gasteiger partial charge in [-0.1, -0.05) is 13.0 Å². The van der Waals surface area contributed by atoms with Crippen molar-refractivity contribution in [3.05, 3.63) is 18.4 Å². The Hall–Kier alpha value is -1.05. The van der Waals surface area contributed by atoms with Crippen LogP contribution in [0, 0.1) is 0 Å². The molecule has 2 fully saturated rings. The predicted molar refractivity (Wildman–Crippen MR) is 68.7 cm³/mol. The highest BCUT2D eigenvalue weighted by molar-refractivity contribution is 5.87. The fraction of sp³-hybridized carbons (Fsp3) is 0.714. The van der Waals surface area contributed by atoms with Crippen molar-refractivity contribution in [2.75, 3.05) is 13.1 Å². The largest absolute Gasteiger partial charge is 0.349 e. The second-order valence-corrected chi connectivity index (χ2v) is 5.12. The SMILES string of the molecule is C=C=CC(=O)N[C@@H]1CC[C@H](N2CCCCC2)C1. The Morgan fingerprint density at radius 1 is 1.29 bits per heavy atom. The Morgan fingerprint density at radius 2 is 2.06 bits per heavy atom. The van der Waals surface area contributed by atoms with Gasteiger partial charge in [0.1, 0.15) is 0 Å². The van der Waals surface area contributed by atoms with Crippen LogP contribution in [0.4, 0.5) is 0 Å². The van der Waals surface area contributed by atoms with Crippen LogP contribution in [0.5, 0.6) is 0 Å². The highest BCUT2D eigenvalue weighted by atomic mass is 16.1. The van der Waals surface area contributed by atoms with Gasteiger partial charge >= 0.3 is 0 Å². The Bertz CT molecular complexity index is 314. The minimum absolute atomic E-state index is 0.0516. The van der Waals surface area contributed by atoms with Gasteiger partial charge in [0.2, 0.25) is 0 Å². The van der Waals surface area contributed by atoms with Gasteiger partial charge in [0, 0.05) is 18.2 Å². The Kier molecular flexibility index (Phi) is 4.41. The first-order chi connectivity index (χ1) is 8.29. The van der Waals surface area contributed by atoms with Crippen molar-refractivity contribution in [1.29, 1.82) is 0 Å². The summed E-state index contributed by atoms with van der Waals surface area (Å²) in [6.45, 7) is 5.91. The van der Waals surface area contributed by atoms with Gasteiger partial charge in [-0.05, 0) is 45.2 Å². The second-order valence-electron chi connectivity index (χ2n) is 5.12. The Labute approximate surface area is 104 Å². The third-order valence-electron chi connectivity index (χ3n) is 3.89. The van der Waals surface area contributed by atoms with Crippen molar-refractivity contribution in [2.24, 2.45) is 0 Å². The van der Waals surface area contributed by atoms with Crippen LogP contribution in [-0.2, 0) is 4.79 Å². The van der Waals surface area contributed by atoms with Crippen LogP contribution in [0.1, 0.15) is 38.5 Å². The molecule has 3 heteroatoms. The highest BCUT2D eigenvalue weighted by Crippen LogP contribution is 2.26. The lowest BCUT2D eigenvalue weighted by Gasteiger charge is -2.32. The lowest BCUT2D eigenvalue weighted by Crippen LogP contribution is -2.39. The van der Waals surface area contributed by atoms with Gasteiger partial charge in [-0.25, -0.2) is 0 Å². The maximum Gasteiger partial charge on any atom is 0.251 e. The molecule has 0 aromatic heterocycles. The Morgan fingerprint density at radius 3 is 2.76 bits per heavy atom. The van der Waals surface area contributed by atoms with E-state index in [2.05, 4.69) is 22.5 Å². The first-order valence-electron chi connectivity index (χ1n) is 6.70. The molecule has 3 nitrogen and oxygen atoms in total. The van der Waals surface area contributed by atoms with Gasteiger partial charge in [0.15, 0.2) is 0 Å². The van der Waals surface area contributed by atoms with Crippen molar-refractivity contribution >= 4 is 5.91 Å². The molecule has 1 amide bonds. The zero-order valence-electron chi connectivity index (χ0n) is 10.5. The van der Waals surface area contributed by atoms with Crippen molar-refractivity contribution in [2.45, 2.75) is 50.6 Å². The number of nitrogens with zero attached hydrogens (tertiary/aromatic N) is 1. The highest BCUT2D eigenvalue weighted by Gasteiger charge is 2.30. The van der Waals surface area contributed by atoms with Gasteiger partial charge in [-0.15, -0.1) is 5.73 Å². The maximum atomic E-state index is 11.4. The molecule has 2 atom stereocenters. The molecule has 1 aliphatic heterocycles. The summed E-state index contributed by atoms with van der Waals surface area (Å²) >= 11 is 0. The molecule has 0 radical (unpaired) electrons. The van der Waals surface area contributed by atoms with E-state index < -0.39 is 0 Å². The molecule has 0 spiro atoms. The van der Waals surface area contributed by atoms with E-state index in [4.69, 9.17) is 0 Å². The molecular weight excluding hydrogens is 212 g/mol. The van der Waals surface area contributed by atoms with E-state index in [0.29, 0.717) is 12.1 Å². The normalized spacial score (nSPS) is 29.6. The fourth-order valence-corrected chi connectivity index (χ4v) is 3.04. The molecule has 1 aliphatic carbocycles. The molecule has 2 rings (SSSR count). The summed E-state index contributed by atoms with van der Waals surface area (Å²) in [4.78, 5) is 14.0. The fourth-order valence-electron chi connectivity index (χ4n) is 3.04. The van der Waals surface area contributed by atoms with Gasteiger partial charge in [0.25, 0.3) is 5.91 Å². The van der Waals surface area contributed by atoms with Crippen molar-refractivity contribution in [1.82, 2.24) is 10.2 Å². The van der Waals surface area contributed by atoms with E-state index in [1.165, 1.54) is 44.8 Å². The van der Waals surface area contributed by atoms with Crippen LogP contribution in [0.3, 0.4) is 0 Å². The smallest absolute Gasteiger partial charge is 0.251 e. The molecule has 0 aromatic rings. The van der Waals surface area contributed by atoms with Crippen LogP contribution in [-0.4, -0.2) is 36.0 Å². The van der Waals surface area contributed by atoms with E-state index in [1.807, 2.05) is 0 Å². The number of piperidine rings is 1. The standard InChI is InChI=1S/C14H22N2O/c1-2-6-14(17)15-12-7-8-13(11-12)16-9-4-3-5-10-16/h6,12-13H,1,3-5,7-11H2,(H,15,17)/t12-,13+/m1/s1. The van der Waals surface area contributed by atoms with Gasteiger partial charge in [-0.3, -0.25) is 4.79 Å². The summed E-state index contributed by atoms with van der Waals surface area (Å²) in [5.41, 5.74) is 2.52. The minimum Gasteiger partial charge on any atom is -0.349 e. The van der Waals surface area contributed by atoms with Crippen LogP contribution in [0.2, 0.25) is 0 Å². The molecule has 1 saturated heterocycles. The van der Waals surface area contributed by atoms with E-state index in [0.717, 1.165) is 12.8 Å². The number of hydrogen-bond donors (Lipinski definition) is 1. The lowest BCUT2D eigenvalue weighted by molar-refractivity contribution is -0.117. The van der Waals surface area contributed by atoms with Crippen LogP contribution >= 0.6 is 0 Å². The molecule has 1 N–H and O–H groups in total. The molecule has 1 heterocycles. The van der Waals surface area contributed by atoms with Gasteiger partial charge in [0.05, 0.1) is 0 Å². The maximum absolute atomic E-state index is 11.4. The molecule has 0 bridgehead atoms. The summed E-state index contributed by atoms with van der Waals surface area (Å²) < 4.78 is 0. The van der Waals surface area contributed by atoms with Gasteiger partial charge < -0.3 is 10.2 Å². The van der Waals surface area contributed by atoms with Gasteiger partial charge in [-0.2, -0.15) is 0 Å². The zero-order valence-corrected chi connectivity index (χ0v) is 10.5. The third kappa shape index (κ3) is 3.45. The number of amides is 1. The van der Waals surface area contributed by atoms with E-state index in [9.17, 15) is 4.79 Å². The summed E-state index contributed by atoms with van der Waals surface area (Å²) in [6, 6.07) is 1.03. The predicted octanol–water partition coefficient (Wildman–Crippen LogP) is 1.85. The number of likely N-dealkylation sites (tertiary alicyclic amines) is 1. The van der Waals surface area contributed by atoms with Crippen molar-refractivity contribution in [3.8, 4) is 0 Å². The lowest BCUT2D eigenvalue weighted by atomic mass is 10.1. The quantitative estimate of drug-likeness (QED) is 0.597. The van der Waals surface area contributed by atoms with E-state index in [1.54, 1.807) is 0 Å². The summed E-state index contributed by atoms with van der Waals surface area (Å²) in [5.74, 6) is -0.0516. The van der Waals surface area contributed by atoms with Crippen molar-refractivity contribution in [3.63, 3.8) is 0 Å². The van der Waals surface area contributed by atoms with Crippen molar-refractivity contribution < 1.29 is 4.79 Å². The second kappa shape index (κ2) is 6.04. The average Bonchev–Trinajstić information content (AvgIpc) is 2.79. The first kappa shape index (κ1) is 12.4. The third-order valence-corrected chi connectivity index (χ3v) is 3.89. The number of carbonyl (C=O) groups is 1. The van der Waals surface area contributed by atoms with Crippen LogP contribution in [0.25, 0.3) is 0 Å². The molecule has 2 aliphatic rings. The van der Waals surface area contributed by atoms with Crippen LogP contribution < -0.4 is 5.32 Å². The van der Waals surface area contributed by atoms with E-state index in [-0.39, 0.29) is 5.91 Å². The number of rotatable bonds is 3. The van der Waals surface area contributed by atoms with Crippen LogP contribution in [0.15, 0.2) is 18.4 Å². The zero-order chi connectivity index (χ0) is 12.1. The molecule has 94 valence electrons. The monoisotopic (exact) mass is 234 g/mol. The number of nitrogens with one attached hydrogen (secondary N) is 1. The number of hydrogen-bond acceptors (Lipinski definition) is 2. The summed E-state index contributed by atoms with van der Waals surface area (Å²) in [6.07, 6.45) is 8.89. The number of carbonyl (C=O) groups excluding carboxylic acids is 1. The van der Waals surface area contributed by atoms with E-state index >= 15 is 0 Å². The summed E-state index contributed by atoms with van der Waals surface area (Å²) in [7, 11) is 0. The minimum atomic E-state index is -0.0516. The molecule has 1 saturated carbocycles. The molecule has 0 unspecified atom stereocenters. The topological polar surface area (TPSA) is 32.3 Å². The Balaban J connectivity index is 1.78. The summed E-state index contributed by atoms with van der Waals surface area (Å²) in [5, 5.41) is 3.03.